The van der Waals surface area contributed by atoms with Gasteiger partial charge in [-0.05, 0) is 45.3 Å². The molecule has 0 amide bonds. The fourth-order valence-corrected chi connectivity index (χ4v) is 3.01. The standard InChI is InChI=1S/C17H28N2O2/c1-3-11-19(15-8-6-10-18-12-15)13-14-7-5-9-16(17(14)20)21-4-2/h5,7,9,15,18,20H,3-4,6,8,10-13H2,1-2H3. The number of phenols is 1. The summed E-state index contributed by atoms with van der Waals surface area (Å²) < 4.78 is 5.48. The molecule has 0 aliphatic carbocycles. The molecule has 1 aromatic rings. The highest BCUT2D eigenvalue weighted by Crippen LogP contribution is 2.31. The van der Waals surface area contributed by atoms with Crippen LogP contribution in [0.3, 0.4) is 0 Å². The van der Waals surface area contributed by atoms with E-state index in [0.29, 0.717) is 24.1 Å². The van der Waals surface area contributed by atoms with Crippen molar-refractivity contribution in [2.24, 2.45) is 0 Å². The van der Waals surface area contributed by atoms with Crippen LogP contribution >= 0.6 is 0 Å². The third-order valence-corrected chi connectivity index (χ3v) is 4.05. The van der Waals surface area contributed by atoms with Gasteiger partial charge in [-0.15, -0.1) is 0 Å². The Balaban J connectivity index is 2.10. The Morgan fingerprint density at radius 2 is 2.24 bits per heavy atom. The van der Waals surface area contributed by atoms with E-state index in [1.54, 1.807) is 0 Å². The lowest BCUT2D eigenvalue weighted by Gasteiger charge is -2.34. The first kappa shape index (κ1) is 16.1. The van der Waals surface area contributed by atoms with Crippen molar-refractivity contribution in [1.82, 2.24) is 10.2 Å². The highest BCUT2D eigenvalue weighted by atomic mass is 16.5. The van der Waals surface area contributed by atoms with Crippen molar-refractivity contribution in [3.63, 3.8) is 0 Å². The van der Waals surface area contributed by atoms with E-state index in [-0.39, 0.29) is 0 Å². The Labute approximate surface area is 128 Å². The zero-order valence-electron chi connectivity index (χ0n) is 13.3. The van der Waals surface area contributed by atoms with Gasteiger partial charge in [0.1, 0.15) is 0 Å². The smallest absolute Gasteiger partial charge is 0.162 e. The SMILES string of the molecule is CCCN(Cc1cccc(OCC)c1O)C1CCCNC1. The van der Waals surface area contributed by atoms with Crippen LogP contribution < -0.4 is 10.1 Å². The molecule has 2 N–H and O–H groups in total. The molecule has 1 aliphatic rings. The molecular formula is C17H28N2O2. The summed E-state index contributed by atoms with van der Waals surface area (Å²) in [5, 5.41) is 13.8. The maximum absolute atomic E-state index is 10.4. The monoisotopic (exact) mass is 292 g/mol. The van der Waals surface area contributed by atoms with Crippen LogP contribution in [-0.2, 0) is 6.54 Å². The normalized spacial score (nSPS) is 18.9. The molecule has 1 aliphatic heterocycles. The molecule has 2 rings (SSSR count). The second-order valence-electron chi connectivity index (χ2n) is 5.67. The Bertz CT molecular complexity index is 431. The van der Waals surface area contributed by atoms with E-state index in [1.165, 1.54) is 12.8 Å². The first-order chi connectivity index (χ1) is 10.3. The Morgan fingerprint density at radius 1 is 1.38 bits per heavy atom. The lowest BCUT2D eigenvalue weighted by Crippen LogP contribution is -2.45. The molecule has 21 heavy (non-hydrogen) atoms. The van der Waals surface area contributed by atoms with Gasteiger partial charge in [0.15, 0.2) is 11.5 Å². The second-order valence-corrected chi connectivity index (χ2v) is 5.67. The number of nitrogens with zero attached hydrogens (tertiary/aromatic N) is 1. The van der Waals surface area contributed by atoms with E-state index in [9.17, 15) is 5.11 Å². The fraction of sp³-hybridized carbons (Fsp3) is 0.647. The quantitative estimate of drug-likeness (QED) is 0.811. The molecule has 118 valence electrons. The molecule has 1 heterocycles. The molecule has 1 saturated heterocycles. The maximum Gasteiger partial charge on any atom is 0.162 e. The third-order valence-electron chi connectivity index (χ3n) is 4.05. The zero-order valence-corrected chi connectivity index (χ0v) is 13.3. The topological polar surface area (TPSA) is 44.7 Å². The van der Waals surface area contributed by atoms with Crippen LogP contribution in [0.2, 0.25) is 0 Å². The summed E-state index contributed by atoms with van der Waals surface area (Å²) in [6, 6.07) is 6.35. The Morgan fingerprint density at radius 3 is 2.90 bits per heavy atom. The minimum Gasteiger partial charge on any atom is -0.504 e. The predicted molar refractivity (Wildman–Crippen MR) is 85.9 cm³/mol. The molecule has 0 aromatic heterocycles. The minimum atomic E-state index is 0.296. The molecule has 0 spiro atoms. The summed E-state index contributed by atoms with van der Waals surface area (Å²) in [6.07, 6.45) is 3.59. The van der Waals surface area contributed by atoms with Crippen molar-refractivity contribution in [1.29, 1.82) is 0 Å². The molecule has 0 saturated carbocycles. The molecule has 0 bridgehead atoms. The van der Waals surface area contributed by atoms with E-state index in [2.05, 4.69) is 17.1 Å². The van der Waals surface area contributed by atoms with Gasteiger partial charge in [-0.3, -0.25) is 4.90 Å². The Kier molecular flexibility index (Phi) is 6.33. The van der Waals surface area contributed by atoms with E-state index < -0.39 is 0 Å². The van der Waals surface area contributed by atoms with Crippen LogP contribution in [0.15, 0.2) is 18.2 Å². The number of hydrogen-bond acceptors (Lipinski definition) is 4. The number of piperidine rings is 1. The average molecular weight is 292 g/mol. The molecule has 1 aromatic carbocycles. The predicted octanol–water partition coefficient (Wildman–Crippen LogP) is 2.75. The number of phenolic OH excluding ortho intramolecular Hbond substituents is 1. The number of nitrogens with one attached hydrogen (secondary N) is 1. The van der Waals surface area contributed by atoms with Crippen molar-refractivity contribution in [3.05, 3.63) is 23.8 Å². The van der Waals surface area contributed by atoms with E-state index >= 15 is 0 Å². The maximum atomic E-state index is 10.4. The molecule has 1 fully saturated rings. The lowest BCUT2D eigenvalue weighted by molar-refractivity contribution is 0.156. The third kappa shape index (κ3) is 4.35. The first-order valence-corrected chi connectivity index (χ1v) is 8.14. The van der Waals surface area contributed by atoms with Gasteiger partial charge in [-0.2, -0.15) is 0 Å². The van der Waals surface area contributed by atoms with Crippen molar-refractivity contribution in [2.45, 2.75) is 45.7 Å². The van der Waals surface area contributed by atoms with Crippen LogP contribution in [0.4, 0.5) is 0 Å². The minimum absolute atomic E-state index is 0.296. The van der Waals surface area contributed by atoms with Crippen LogP contribution in [0.1, 0.15) is 38.7 Å². The average Bonchev–Trinajstić information content (AvgIpc) is 2.52. The fourth-order valence-electron chi connectivity index (χ4n) is 3.01. The Hall–Kier alpha value is -1.26. The first-order valence-electron chi connectivity index (χ1n) is 8.14. The molecule has 4 heteroatoms. The number of hydrogen-bond donors (Lipinski definition) is 2. The summed E-state index contributed by atoms with van der Waals surface area (Å²) in [6.45, 7) is 8.73. The summed E-state index contributed by atoms with van der Waals surface area (Å²) in [5.41, 5.74) is 0.958. The lowest BCUT2D eigenvalue weighted by atomic mass is 10.0. The van der Waals surface area contributed by atoms with Gasteiger partial charge >= 0.3 is 0 Å². The molecule has 1 unspecified atom stereocenters. The highest BCUT2D eigenvalue weighted by Gasteiger charge is 2.21. The van der Waals surface area contributed by atoms with Crippen molar-refractivity contribution < 1.29 is 9.84 Å². The number of aromatic hydroxyl groups is 1. The van der Waals surface area contributed by atoms with Crippen molar-refractivity contribution >= 4 is 0 Å². The van der Waals surface area contributed by atoms with Gasteiger partial charge in [0, 0.05) is 24.7 Å². The summed E-state index contributed by atoms with van der Waals surface area (Å²) >= 11 is 0. The number of rotatable bonds is 7. The van der Waals surface area contributed by atoms with Gasteiger partial charge in [0.25, 0.3) is 0 Å². The molecule has 4 nitrogen and oxygen atoms in total. The van der Waals surface area contributed by atoms with Gasteiger partial charge in [-0.25, -0.2) is 0 Å². The number of para-hydroxylation sites is 1. The summed E-state index contributed by atoms with van der Waals surface area (Å²) in [7, 11) is 0. The molecule has 0 radical (unpaired) electrons. The number of ether oxygens (including phenoxy) is 1. The van der Waals surface area contributed by atoms with Crippen molar-refractivity contribution in [2.75, 3.05) is 26.2 Å². The van der Waals surface area contributed by atoms with Crippen LogP contribution in [0.5, 0.6) is 11.5 Å². The second kappa shape index (κ2) is 8.25. The molecular weight excluding hydrogens is 264 g/mol. The van der Waals surface area contributed by atoms with E-state index in [1.807, 2.05) is 25.1 Å². The van der Waals surface area contributed by atoms with Crippen molar-refractivity contribution in [3.8, 4) is 11.5 Å². The van der Waals surface area contributed by atoms with Gasteiger partial charge < -0.3 is 15.2 Å². The van der Waals surface area contributed by atoms with Gasteiger partial charge in [0.05, 0.1) is 6.61 Å². The zero-order chi connectivity index (χ0) is 15.1. The van der Waals surface area contributed by atoms with Crippen LogP contribution in [0.25, 0.3) is 0 Å². The highest BCUT2D eigenvalue weighted by molar-refractivity contribution is 5.45. The van der Waals surface area contributed by atoms with Gasteiger partial charge in [-0.1, -0.05) is 19.1 Å². The molecule has 1 atom stereocenters. The van der Waals surface area contributed by atoms with Crippen LogP contribution in [-0.4, -0.2) is 42.3 Å². The largest absolute Gasteiger partial charge is 0.504 e. The van der Waals surface area contributed by atoms with E-state index in [0.717, 1.165) is 38.2 Å². The van der Waals surface area contributed by atoms with E-state index in [4.69, 9.17) is 4.74 Å². The summed E-state index contributed by atoms with van der Waals surface area (Å²) in [4.78, 5) is 2.48. The number of benzene rings is 1. The van der Waals surface area contributed by atoms with Crippen LogP contribution in [0, 0.1) is 0 Å². The van der Waals surface area contributed by atoms with Gasteiger partial charge in [0.2, 0.25) is 0 Å². The summed E-state index contributed by atoms with van der Waals surface area (Å²) in [5.74, 6) is 0.887.